The van der Waals surface area contributed by atoms with Crippen molar-refractivity contribution in [2.75, 3.05) is 26.9 Å². The minimum atomic E-state index is -0.337. The molecule has 6 nitrogen and oxygen atoms in total. The third-order valence-electron chi connectivity index (χ3n) is 4.91. The summed E-state index contributed by atoms with van der Waals surface area (Å²) in [5.74, 6) is 0.601. The first-order chi connectivity index (χ1) is 16.4. The largest absolute Gasteiger partial charge is 0.493 e. The summed E-state index contributed by atoms with van der Waals surface area (Å²) in [5, 5.41) is 0. The molecular weight excluding hydrogens is 538 g/mol. The zero-order chi connectivity index (χ0) is 24.5. The molecule has 0 unspecified atom stereocenters. The van der Waals surface area contributed by atoms with Gasteiger partial charge in [0.1, 0.15) is 4.32 Å². The van der Waals surface area contributed by atoms with Gasteiger partial charge >= 0.3 is 5.97 Å². The number of methoxy groups -OCH3 is 1. The zero-order valence-electron chi connectivity index (χ0n) is 19.0. The number of thiocarbonyl (C=S) groups is 1. The number of hydrogen-bond acceptors (Lipinski definition) is 7. The number of rotatable bonds is 11. The van der Waals surface area contributed by atoms with E-state index in [9.17, 15) is 9.59 Å². The standard InChI is InChI=1S/C25H26BrNO5S2/c1-3-12-31-22(28)9-11-27-24(29)21(34-25(27)33)16-18-14-19(26)23(20(15-18)30-2)32-13-10-17-7-5-4-6-8-17/h4-8,14-16H,3,9-13H2,1-2H3/b21-16-. The molecule has 2 aromatic rings. The maximum absolute atomic E-state index is 12.9. The molecule has 0 atom stereocenters. The summed E-state index contributed by atoms with van der Waals surface area (Å²) in [5.41, 5.74) is 1.96. The van der Waals surface area contributed by atoms with Crippen molar-refractivity contribution in [2.45, 2.75) is 26.2 Å². The van der Waals surface area contributed by atoms with Crippen LogP contribution in [0.4, 0.5) is 0 Å². The molecular formula is C25H26BrNO5S2. The molecule has 0 bridgehead atoms. The average Bonchev–Trinajstić information content (AvgIpc) is 3.09. The second-order valence-corrected chi connectivity index (χ2v) is 9.95. The van der Waals surface area contributed by atoms with Gasteiger partial charge in [-0.1, -0.05) is 61.2 Å². The zero-order valence-corrected chi connectivity index (χ0v) is 22.3. The Balaban J connectivity index is 1.67. The number of esters is 1. The van der Waals surface area contributed by atoms with Crippen molar-refractivity contribution in [1.82, 2.24) is 4.90 Å². The number of hydrogen-bond donors (Lipinski definition) is 0. The van der Waals surface area contributed by atoms with E-state index < -0.39 is 0 Å². The number of nitrogens with zero attached hydrogens (tertiary/aromatic N) is 1. The summed E-state index contributed by atoms with van der Waals surface area (Å²) in [6.45, 7) is 3.00. The molecule has 0 aromatic heterocycles. The molecule has 180 valence electrons. The van der Waals surface area contributed by atoms with Crippen molar-refractivity contribution in [3.05, 3.63) is 63.0 Å². The lowest BCUT2D eigenvalue weighted by atomic mass is 10.1. The predicted molar refractivity (Wildman–Crippen MR) is 142 cm³/mol. The van der Waals surface area contributed by atoms with Gasteiger partial charge in [0.25, 0.3) is 5.91 Å². The van der Waals surface area contributed by atoms with Gasteiger partial charge in [-0.25, -0.2) is 0 Å². The van der Waals surface area contributed by atoms with Crippen LogP contribution in [0.15, 0.2) is 51.8 Å². The Labute approximate surface area is 217 Å². The quantitative estimate of drug-likeness (QED) is 0.199. The number of ether oxygens (including phenoxy) is 3. The molecule has 1 fully saturated rings. The lowest BCUT2D eigenvalue weighted by molar-refractivity contribution is -0.143. The van der Waals surface area contributed by atoms with E-state index >= 15 is 0 Å². The van der Waals surface area contributed by atoms with Crippen LogP contribution < -0.4 is 9.47 Å². The van der Waals surface area contributed by atoms with Gasteiger partial charge in [0.05, 0.1) is 36.1 Å². The van der Waals surface area contributed by atoms with E-state index in [1.807, 2.05) is 37.3 Å². The summed E-state index contributed by atoms with van der Waals surface area (Å²) in [7, 11) is 1.58. The lowest BCUT2D eigenvalue weighted by Gasteiger charge is -2.14. The molecule has 1 aliphatic heterocycles. The highest BCUT2D eigenvalue weighted by Gasteiger charge is 2.32. The SMILES string of the molecule is CCCOC(=O)CCN1C(=O)/C(=C/c2cc(Br)c(OCCc3ccccc3)c(OC)c2)SC1=S. The Hall–Kier alpha value is -2.36. The van der Waals surface area contributed by atoms with Crippen molar-refractivity contribution in [3.63, 3.8) is 0 Å². The number of carbonyl (C=O) groups is 2. The van der Waals surface area contributed by atoms with Crippen molar-refractivity contribution >= 4 is 62.2 Å². The minimum absolute atomic E-state index is 0.105. The van der Waals surface area contributed by atoms with Gasteiger partial charge in [-0.3, -0.25) is 14.5 Å². The number of halogens is 1. The monoisotopic (exact) mass is 563 g/mol. The van der Waals surface area contributed by atoms with Crippen molar-refractivity contribution < 1.29 is 23.8 Å². The smallest absolute Gasteiger partial charge is 0.307 e. The maximum atomic E-state index is 12.9. The number of benzene rings is 2. The van der Waals surface area contributed by atoms with Crippen molar-refractivity contribution in [1.29, 1.82) is 0 Å². The Kier molecular flexibility index (Phi) is 9.98. The summed E-state index contributed by atoms with van der Waals surface area (Å²) in [4.78, 5) is 26.6. The van der Waals surface area contributed by atoms with Crippen LogP contribution in [-0.4, -0.2) is 48.0 Å². The van der Waals surface area contributed by atoms with E-state index in [2.05, 4.69) is 28.1 Å². The molecule has 1 saturated heterocycles. The van der Waals surface area contributed by atoms with Gasteiger partial charge in [-0.05, 0) is 51.7 Å². The molecule has 0 aliphatic carbocycles. The van der Waals surface area contributed by atoms with Crippen molar-refractivity contribution in [2.24, 2.45) is 0 Å². The highest BCUT2D eigenvalue weighted by molar-refractivity contribution is 9.10. The normalized spacial score (nSPS) is 14.6. The topological polar surface area (TPSA) is 65.1 Å². The van der Waals surface area contributed by atoms with E-state index in [1.165, 1.54) is 22.2 Å². The molecule has 1 aliphatic rings. The van der Waals surface area contributed by atoms with Crippen LogP contribution in [0.2, 0.25) is 0 Å². The van der Waals surface area contributed by atoms with Gasteiger partial charge in [0, 0.05) is 13.0 Å². The first-order valence-electron chi connectivity index (χ1n) is 10.9. The highest BCUT2D eigenvalue weighted by atomic mass is 79.9. The van der Waals surface area contributed by atoms with Crippen LogP contribution in [0.25, 0.3) is 6.08 Å². The molecule has 34 heavy (non-hydrogen) atoms. The summed E-state index contributed by atoms with van der Waals surface area (Å²) < 4.78 is 17.7. The highest BCUT2D eigenvalue weighted by Crippen LogP contribution is 2.39. The Morgan fingerprint density at radius 1 is 1.21 bits per heavy atom. The fourth-order valence-corrected chi connectivity index (χ4v) is 5.10. The van der Waals surface area contributed by atoms with Gasteiger partial charge in [-0.15, -0.1) is 0 Å². The average molecular weight is 565 g/mol. The van der Waals surface area contributed by atoms with Crippen LogP contribution in [0.5, 0.6) is 11.5 Å². The Bertz CT molecular complexity index is 1070. The molecule has 2 aromatic carbocycles. The fourth-order valence-electron chi connectivity index (χ4n) is 3.21. The molecule has 0 radical (unpaired) electrons. The molecule has 9 heteroatoms. The molecule has 1 heterocycles. The third-order valence-corrected chi connectivity index (χ3v) is 6.88. The molecule has 0 saturated carbocycles. The van der Waals surface area contributed by atoms with Crippen LogP contribution in [-0.2, 0) is 20.7 Å². The molecule has 0 N–H and O–H groups in total. The van der Waals surface area contributed by atoms with Gasteiger partial charge in [0.15, 0.2) is 11.5 Å². The van der Waals surface area contributed by atoms with E-state index in [-0.39, 0.29) is 24.8 Å². The maximum Gasteiger partial charge on any atom is 0.307 e. The van der Waals surface area contributed by atoms with Crippen LogP contribution in [0.3, 0.4) is 0 Å². The minimum Gasteiger partial charge on any atom is -0.493 e. The summed E-state index contributed by atoms with van der Waals surface area (Å²) >= 11 is 10.1. The van der Waals surface area contributed by atoms with E-state index in [1.54, 1.807) is 13.2 Å². The van der Waals surface area contributed by atoms with Crippen LogP contribution in [0.1, 0.15) is 30.9 Å². The van der Waals surface area contributed by atoms with E-state index in [4.69, 9.17) is 26.4 Å². The Morgan fingerprint density at radius 3 is 2.68 bits per heavy atom. The molecule has 3 rings (SSSR count). The first-order valence-corrected chi connectivity index (χ1v) is 12.9. The van der Waals surface area contributed by atoms with Crippen LogP contribution >= 0.6 is 39.9 Å². The van der Waals surface area contributed by atoms with Gasteiger partial charge in [-0.2, -0.15) is 0 Å². The predicted octanol–water partition coefficient (Wildman–Crippen LogP) is 5.62. The summed E-state index contributed by atoms with van der Waals surface area (Å²) in [6.07, 6.45) is 3.39. The van der Waals surface area contributed by atoms with Gasteiger partial charge < -0.3 is 14.2 Å². The first kappa shape index (κ1) is 26.2. The molecule has 1 amide bonds. The number of thioether (sulfide) groups is 1. The molecule has 0 spiro atoms. The summed E-state index contributed by atoms with van der Waals surface area (Å²) in [6, 6.07) is 13.8. The van der Waals surface area contributed by atoms with E-state index in [0.717, 1.165) is 22.9 Å². The van der Waals surface area contributed by atoms with Gasteiger partial charge in [0.2, 0.25) is 0 Å². The lowest BCUT2D eigenvalue weighted by Crippen LogP contribution is -2.30. The second-order valence-electron chi connectivity index (χ2n) is 7.42. The number of carbonyl (C=O) groups excluding carboxylic acids is 2. The fraction of sp³-hybridized carbons (Fsp3) is 0.320. The third kappa shape index (κ3) is 7.07. The van der Waals surface area contributed by atoms with E-state index in [0.29, 0.717) is 33.9 Å². The van der Waals surface area contributed by atoms with Crippen molar-refractivity contribution in [3.8, 4) is 11.5 Å². The van der Waals surface area contributed by atoms with Crippen LogP contribution in [0, 0.1) is 0 Å². The number of amides is 1. The second kappa shape index (κ2) is 12.9. The Morgan fingerprint density at radius 2 is 1.97 bits per heavy atom.